The van der Waals surface area contributed by atoms with E-state index >= 15 is 0 Å². The first-order chi connectivity index (χ1) is 6.27. The van der Waals surface area contributed by atoms with Crippen LogP contribution in [0.15, 0.2) is 36.2 Å². The Bertz CT molecular complexity index is 236. The molecule has 72 valence electrons. The Labute approximate surface area is 81.2 Å². The highest BCUT2D eigenvalue weighted by Crippen LogP contribution is 2.33. The Balaban J connectivity index is 2.60. The number of hydrogen-bond acceptors (Lipinski definition) is 1. The molecule has 0 aromatic heterocycles. The van der Waals surface area contributed by atoms with Crippen molar-refractivity contribution in [3.63, 3.8) is 0 Å². The van der Waals surface area contributed by atoms with Gasteiger partial charge in [0.15, 0.2) is 0 Å². The van der Waals surface area contributed by atoms with Crippen LogP contribution in [-0.2, 0) is 0 Å². The van der Waals surface area contributed by atoms with E-state index in [1.807, 2.05) is 6.20 Å². The van der Waals surface area contributed by atoms with Crippen LogP contribution in [0.1, 0.15) is 33.1 Å². The first-order valence-electron chi connectivity index (χ1n) is 5.02. The molecule has 0 aromatic rings. The Kier molecular flexibility index (Phi) is 3.81. The van der Waals surface area contributed by atoms with Crippen LogP contribution in [0.5, 0.6) is 0 Å². The number of nitrogens with one attached hydrogen (secondary N) is 1. The maximum absolute atomic E-state index is 3.60. The van der Waals surface area contributed by atoms with Crippen LogP contribution in [0.4, 0.5) is 0 Å². The van der Waals surface area contributed by atoms with Gasteiger partial charge in [-0.15, -0.1) is 0 Å². The lowest BCUT2D eigenvalue weighted by Crippen LogP contribution is -1.90. The van der Waals surface area contributed by atoms with Crippen molar-refractivity contribution in [1.29, 1.82) is 0 Å². The van der Waals surface area contributed by atoms with Crippen molar-refractivity contribution in [2.24, 2.45) is 5.92 Å². The number of rotatable bonds is 4. The zero-order valence-corrected chi connectivity index (χ0v) is 8.64. The SMILES string of the molecule is C=CN/C=C\C1=C(CC)CC(C)C1. The summed E-state index contributed by atoms with van der Waals surface area (Å²) in [6, 6.07) is 0. The fourth-order valence-electron chi connectivity index (χ4n) is 1.92. The van der Waals surface area contributed by atoms with Gasteiger partial charge in [-0.1, -0.05) is 26.0 Å². The predicted octanol–water partition coefficient (Wildman–Crippen LogP) is 3.37. The third kappa shape index (κ3) is 2.76. The lowest BCUT2D eigenvalue weighted by molar-refractivity contribution is 0.618. The summed E-state index contributed by atoms with van der Waals surface area (Å²) in [6.07, 6.45) is 9.56. The predicted molar refractivity (Wildman–Crippen MR) is 58.2 cm³/mol. The molecule has 1 nitrogen and oxygen atoms in total. The highest BCUT2D eigenvalue weighted by Gasteiger charge is 2.17. The molecule has 0 heterocycles. The maximum atomic E-state index is 3.60. The standard InChI is InChI=1S/C12H19N/c1-4-11-8-10(3)9-12(11)6-7-13-5-2/h5-7,10,13H,2,4,8-9H2,1,3H3/b7-6-. The molecular formula is C12H19N. The molecule has 0 saturated carbocycles. The third-order valence-corrected chi connectivity index (χ3v) is 2.54. The van der Waals surface area contributed by atoms with Crippen LogP contribution >= 0.6 is 0 Å². The van der Waals surface area contributed by atoms with E-state index in [1.54, 1.807) is 11.8 Å². The summed E-state index contributed by atoms with van der Waals surface area (Å²) >= 11 is 0. The second kappa shape index (κ2) is 4.90. The van der Waals surface area contributed by atoms with Crippen LogP contribution in [0.25, 0.3) is 0 Å². The van der Waals surface area contributed by atoms with Gasteiger partial charge in [0.1, 0.15) is 0 Å². The van der Waals surface area contributed by atoms with Gasteiger partial charge in [0, 0.05) is 6.20 Å². The van der Waals surface area contributed by atoms with Gasteiger partial charge >= 0.3 is 0 Å². The molecular weight excluding hydrogens is 158 g/mol. The molecule has 0 amide bonds. The van der Waals surface area contributed by atoms with Crippen molar-refractivity contribution >= 4 is 0 Å². The molecule has 1 rings (SSSR count). The van der Waals surface area contributed by atoms with Crippen molar-refractivity contribution in [2.75, 3.05) is 0 Å². The summed E-state index contributed by atoms with van der Waals surface area (Å²) in [4.78, 5) is 0. The van der Waals surface area contributed by atoms with E-state index in [0.717, 1.165) is 5.92 Å². The minimum Gasteiger partial charge on any atom is -0.368 e. The van der Waals surface area contributed by atoms with Crippen molar-refractivity contribution in [3.05, 3.63) is 36.2 Å². The molecule has 1 aliphatic carbocycles. The van der Waals surface area contributed by atoms with Crippen LogP contribution in [0, 0.1) is 5.92 Å². The van der Waals surface area contributed by atoms with Gasteiger partial charge in [-0.2, -0.15) is 0 Å². The quantitative estimate of drug-likeness (QED) is 0.694. The molecule has 1 atom stereocenters. The average Bonchev–Trinajstić information content (AvgIpc) is 2.47. The van der Waals surface area contributed by atoms with Gasteiger partial charge in [-0.05, 0) is 43.0 Å². The largest absolute Gasteiger partial charge is 0.368 e. The van der Waals surface area contributed by atoms with Gasteiger partial charge in [0.05, 0.1) is 0 Å². The second-order valence-corrected chi connectivity index (χ2v) is 3.70. The Hall–Kier alpha value is -0.980. The van der Waals surface area contributed by atoms with Crippen molar-refractivity contribution in [1.82, 2.24) is 5.32 Å². The van der Waals surface area contributed by atoms with E-state index in [0.29, 0.717) is 0 Å². The lowest BCUT2D eigenvalue weighted by atomic mass is 10.1. The average molecular weight is 177 g/mol. The summed E-state index contributed by atoms with van der Waals surface area (Å²) in [5, 5.41) is 2.98. The summed E-state index contributed by atoms with van der Waals surface area (Å²) in [5.74, 6) is 0.832. The molecule has 1 heteroatoms. The second-order valence-electron chi connectivity index (χ2n) is 3.70. The highest BCUT2D eigenvalue weighted by atomic mass is 14.8. The molecule has 1 aliphatic rings. The van der Waals surface area contributed by atoms with Crippen LogP contribution in [-0.4, -0.2) is 0 Å². The summed E-state index contributed by atoms with van der Waals surface area (Å²) in [5.41, 5.74) is 3.14. The van der Waals surface area contributed by atoms with Crippen molar-refractivity contribution in [3.8, 4) is 0 Å². The minimum atomic E-state index is 0.832. The van der Waals surface area contributed by atoms with E-state index < -0.39 is 0 Å². The smallest absolute Gasteiger partial charge is 0.000692 e. The molecule has 0 bridgehead atoms. The zero-order chi connectivity index (χ0) is 9.68. The molecule has 0 radical (unpaired) electrons. The van der Waals surface area contributed by atoms with Crippen molar-refractivity contribution in [2.45, 2.75) is 33.1 Å². The van der Waals surface area contributed by atoms with Crippen LogP contribution < -0.4 is 5.32 Å². The van der Waals surface area contributed by atoms with E-state index in [2.05, 4.69) is 31.8 Å². The molecule has 0 aliphatic heterocycles. The molecule has 0 aromatic carbocycles. The summed E-state index contributed by atoms with van der Waals surface area (Å²) in [6.45, 7) is 8.16. The van der Waals surface area contributed by atoms with E-state index in [-0.39, 0.29) is 0 Å². The number of allylic oxidation sites excluding steroid dienone is 3. The fourth-order valence-corrected chi connectivity index (χ4v) is 1.92. The molecule has 1 N–H and O–H groups in total. The number of hydrogen-bond donors (Lipinski definition) is 1. The monoisotopic (exact) mass is 177 g/mol. The summed E-state index contributed by atoms with van der Waals surface area (Å²) in [7, 11) is 0. The van der Waals surface area contributed by atoms with E-state index in [9.17, 15) is 0 Å². The molecule has 0 spiro atoms. The zero-order valence-electron chi connectivity index (χ0n) is 8.64. The fraction of sp³-hybridized carbons (Fsp3) is 0.500. The highest BCUT2D eigenvalue weighted by molar-refractivity contribution is 5.30. The van der Waals surface area contributed by atoms with E-state index in [4.69, 9.17) is 0 Å². The summed E-state index contributed by atoms with van der Waals surface area (Å²) < 4.78 is 0. The molecule has 13 heavy (non-hydrogen) atoms. The van der Waals surface area contributed by atoms with Crippen LogP contribution in [0.3, 0.4) is 0 Å². The van der Waals surface area contributed by atoms with Gasteiger partial charge in [-0.25, -0.2) is 0 Å². The maximum Gasteiger partial charge on any atom is 0.000692 e. The first kappa shape index (κ1) is 10.1. The van der Waals surface area contributed by atoms with Gasteiger partial charge < -0.3 is 5.32 Å². The lowest BCUT2D eigenvalue weighted by Gasteiger charge is -1.98. The van der Waals surface area contributed by atoms with Gasteiger partial charge in [-0.3, -0.25) is 0 Å². The first-order valence-corrected chi connectivity index (χ1v) is 5.02. The Morgan fingerprint density at radius 2 is 2.31 bits per heavy atom. The minimum absolute atomic E-state index is 0.832. The topological polar surface area (TPSA) is 12.0 Å². The van der Waals surface area contributed by atoms with Crippen molar-refractivity contribution < 1.29 is 0 Å². The normalized spacial score (nSPS) is 22.8. The Morgan fingerprint density at radius 1 is 1.54 bits per heavy atom. The van der Waals surface area contributed by atoms with E-state index in [1.165, 1.54) is 24.8 Å². The molecule has 0 fully saturated rings. The van der Waals surface area contributed by atoms with Gasteiger partial charge in [0.2, 0.25) is 0 Å². The Morgan fingerprint density at radius 3 is 2.92 bits per heavy atom. The molecule has 1 unspecified atom stereocenters. The van der Waals surface area contributed by atoms with Gasteiger partial charge in [0.25, 0.3) is 0 Å². The third-order valence-electron chi connectivity index (χ3n) is 2.54. The van der Waals surface area contributed by atoms with Crippen LogP contribution in [0.2, 0.25) is 0 Å². The molecule has 0 saturated heterocycles.